The fourth-order valence-electron chi connectivity index (χ4n) is 2.10. The average molecular weight is 366 g/mol. The highest BCUT2D eigenvalue weighted by Gasteiger charge is 2.52. The van der Waals surface area contributed by atoms with Crippen LogP contribution < -0.4 is 10.5 Å². The SMILES string of the molecule is CC1(C)OB([C@@H](N)CCOc2ccc(Cl)cc2F)OC1(C)C.Cl. The van der Waals surface area contributed by atoms with E-state index in [0.29, 0.717) is 11.4 Å². The van der Waals surface area contributed by atoms with Crippen molar-refractivity contribution in [1.82, 2.24) is 0 Å². The van der Waals surface area contributed by atoms with Gasteiger partial charge in [-0.15, -0.1) is 12.4 Å². The third-order valence-corrected chi connectivity index (χ3v) is 4.46. The molecule has 130 valence electrons. The highest BCUT2D eigenvalue weighted by molar-refractivity contribution is 6.47. The zero-order valence-electron chi connectivity index (χ0n) is 13.8. The van der Waals surface area contributed by atoms with Crippen molar-refractivity contribution < 1.29 is 18.4 Å². The molecule has 1 atom stereocenters. The van der Waals surface area contributed by atoms with E-state index in [2.05, 4.69) is 0 Å². The Bertz CT molecular complexity index is 529. The maximum absolute atomic E-state index is 13.6. The molecule has 0 aromatic heterocycles. The van der Waals surface area contributed by atoms with Crippen molar-refractivity contribution in [2.24, 2.45) is 5.73 Å². The van der Waals surface area contributed by atoms with E-state index in [1.165, 1.54) is 12.1 Å². The summed E-state index contributed by atoms with van der Waals surface area (Å²) < 4.78 is 30.7. The van der Waals surface area contributed by atoms with Crippen molar-refractivity contribution in [2.45, 2.75) is 51.3 Å². The van der Waals surface area contributed by atoms with Crippen molar-refractivity contribution in [3.63, 3.8) is 0 Å². The van der Waals surface area contributed by atoms with Crippen molar-refractivity contribution in [2.75, 3.05) is 6.61 Å². The van der Waals surface area contributed by atoms with Crippen LogP contribution in [0.1, 0.15) is 34.1 Å². The summed E-state index contributed by atoms with van der Waals surface area (Å²) in [6.07, 6.45) is 0.485. The molecule has 0 bridgehead atoms. The molecule has 0 amide bonds. The number of hydrogen-bond donors (Lipinski definition) is 1. The predicted octanol–water partition coefficient (Wildman–Crippen LogP) is 3.63. The summed E-state index contributed by atoms with van der Waals surface area (Å²) in [7, 11) is -0.497. The van der Waals surface area contributed by atoms with E-state index in [9.17, 15) is 4.39 Å². The highest BCUT2D eigenvalue weighted by Crippen LogP contribution is 2.37. The Morgan fingerprint density at radius 3 is 2.35 bits per heavy atom. The Hall–Kier alpha value is -0.525. The molecule has 0 saturated carbocycles. The van der Waals surface area contributed by atoms with Crippen LogP contribution in [-0.2, 0) is 9.31 Å². The van der Waals surface area contributed by atoms with Gasteiger partial charge in [0.1, 0.15) is 0 Å². The molecule has 2 N–H and O–H groups in total. The van der Waals surface area contributed by atoms with Crippen molar-refractivity contribution >= 4 is 31.1 Å². The van der Waals surface area contributed by atoms with Crippen molar-refractivity contribution in [3.05, 3.63) is 29.0 Å². The Morgan fingerprint density at radius 2 is 1.83 bits per heavy atom. The Labute approximate surface area is 148 Å². The Kier molecular flexibility index (Phi) is 6.76. The van der Waals surface area contributed by atoms with Crippen LogP contribution in [0, 0.1) is 5.82 Å². The normalized spacial score (nSPS) is 20.0. The van der Waals surface area contributed by atoms with E-state index in [0.717, 1.165) is 0 Å². The summed E-state index contributed by atoms with van der Waals surface area (Å²) >= 11 is 5.69. The summed E-state index contributed by atoms with van der Waals surface area (Å²) in [5, 5.41) is 0.332. The summed E-state index contributed by atoms with van der Waals surface area (Å²) in [4.78, 5) is 0. The van der Waals surface area contributed by atoms with E-state index >= 15 is 0 Å². The second-order valence-corrected chi connectivity index (χ2v) is 6.94. The largest absolute Gasteiger partial charge is 0.490 e. The first-order valence-electron chi connectivity index (χ1n) is 7.31. The number of hydrogen-bond acceptors (Lipinski definition) is 4. The van der Waals surface area contributed by atoms with Gasteiger partial charge in [-0.1, -0.05) is 11.6 Å². The lowest BCUT2D eigenvalue weighted by Gasteiger charge is -2.32. The van der Waals surface area contributed by atoms with E-state index in [4.69, 9.17) is 31.4 Å². The van der Waals surface area contributed by atoms with Gasteiger partial charge in [0, 0.05) is 11.0 Å². The lowest BCUT2D eigenvalue weighted by atomic mass is 9.77. The molecule has 1 saturated heterocycles. The molecule has 0 spiro atoms. The predicted molar refractivity (Wildman–Crippen MR) is 92.8 cm³/mol. The number of benzene rings is 1. The van der Waals surface area contributed by atoms with Crippen LogP contribution in [0.3, 0.4) is 0 Å². The molecule has 4 nitrogen and oxygen atoms in total. The topological polar surface area (TPSA) is 53.7 Å². The van der Waals surface area contributed by atoms with Gasteiger partial charge in [-0.25, -0.2) is 4.39 Å². The summed E-state index contributed by atoms with van der Waals surface area (Å²) in [6, 6.07) is 4.29. The van der Waals surface area contributed by atoms with Gasteiger partial charge in [-0.2, -0.15) is 0 Å². The molecular formula is C15H23BCl2FNO3. The number of rotatable bonds is 5. The Morgan fingerprint density at radius 1 is 1.26 bits per heavy atom. The van der Waals surface area contributed by atoms with E-state index < -0.39 is 24.1 Å². The fourth-order valence-corrected chi connectivity index (χ4v) is 2.26. The van der Waals surface area contributed by atoms with Gasteiger partial charge in [-0.3, -0.25) is 0 Å². The molecule has 1 fully saturated rings. The van der Waals surface area contributed by atoms with Crippen LogP contribution in [0.25, 0.3) is 0 Å². The first kappa shape index (κ1) is 20.5. The van der Waals surface area contributed by atoms with Gasteiger partial charge >= 0.3 is 7.12 Å². The van der Waals surface area contributed by atoms with Gasteiger partial charge in [0.15, 0.2) is 11.6 Å². The zero-order chi connectivity index (χ0) is 16.5. The molecule has 23 heavy (non-hydrogen) atoms. The van der Waals surface area contributed by atoms with E-state index in [-0.39, 0.29) is 30.7 Å². The average Bonchev–Trinajstić information content (AvgIpc) is 2.61. The number of ether oxygens (including phenoxy) is 1. The van der Waals surface area contributed by atoms with Crippen molar-refractivity contribution in [1.29, 1.82) is 0 Å². The van der Waals surface area contributed by atoms with Crippen LogP contribution >= 0.6 is 24.0 Å². The molecule has 1 aliphatic heterocycles. The monoisotopic (exact) mass is 365 g/mol. The smallest absolute Gasteiger partial charge is 0.475 e. The van der Waals surface area contributed by atoms with Gasteiger partial charge in [0.2, 0.25) is 0 Å². The fraction of sp³-hybridized carbons (Fsp3) is 0.600. The first-order valence-corrected chi connectivity index (χ1v) is 7.69. The second-order valence-electron chi connectivity index (χ2n) is 6.50. The van der Waals surface area contributed by atoms with Crippen LogP contribution in [0.4, 0.5) is 4.39 Å². The van der Waals surface area contributed by atoms with Crippen LogP contribution in [0.5, 0.6) is 5.75 Å². The van der Waals surface area contributed by atoms with Crippen LogP contribution in [0.2, 0.25) is 5.02 Å². The molecule has 1 aliphatic rings. The van der Waals surface area contributed by atoms with Crippen LogP contribution in [-0.4, -0.2) is 30.9 Å². The standard InChI is InChI=1S/C15H22BClFNO3.ClH/c1-14(2)15(3,4)22-16(21-14)13(19)7-8-20-12-6-5-10(17)9-11(12)18;/h5-6,9,13H,7-8,19H2,1-4H3;1H/t13-;/m0./s1. The quantitative estimate of drug-likeness (QED) is 0.809. The van der Waals surface area contributed by atoms with Crippen molar-refractivity contribution in [3.8, 4) is 5.75 Å². The minimum Gasteiger partial charge on any atom is -0.490 e. The van der Waals surface area contributed by atoms with E-state index in [1.807, 2.05) is 27.7 Å². The maximum Gasteiger partial charge on any atom is 0.475 e. The lowest BCUT2D eigenvalue weighted by molar-refractivity contribution is 0.00578. The summed E-state index contributed by atoms with van der Waals surface area (Å²) in [6.45, 7) is 8.15. The molecule has 2 rings (SSSR count). The molecule has 0 radical (unpaired) electrons. The zero-order valence-corrected chi connectivity index (χ0v) is 15.3. The first-order chi connectivity index (χ1) is 10.1. The molecule has 0 aliphatic carbocycles. The summed E-state index contributed by atoms with van der Waals surface area (Å²) in [5.74, 6) is -0.682. The van der Waals surface area contributed by atoms with Gasteiger partial charge < -0.3 is 19.8 Å². The molecule has 8 heteroatoms. The minimum absolute atomic E-state index is 0. The maximum atomic E-state index is 13.6. The second kappa shape index (κ2) is 7.57. The number of nitrogens with two attached hydrogens (primary N) is 1. The van der Waals surface area contributed by atoms with Gasteiger partial charge in [0.05, 0.1) is 17.8 Å². The number of halogens is 3. The van der Waals surface area contributed by atoms with Gasteiger partial charge in [0.25, 0.3) is 0 Å². The lowest BCUT2D eigenvalue weighted by Crippen LogP contribution is -2.42. The van der Waals surface area contributed by atoms with Crippen LogP contribution in [0.15, 0.2) is 18.2 Å². The molecular weight excluding hydrogens is 343 g/mol. The third-order valence-electron chi connectivity index (χ3n) is 4.22. The minimum atomic E-state index is -0.497. The third kappa shape index (κ3) is 4.73. The molecule has 1 aromatic rings. The summed E-state index contributed by atoms with van der Waals surface area (Å²) in [5.41, 5.74) is 5.27. The Balaban J connectivity index is 0.00000264. The van der Waals surface area contributed by atoms with Gasteiger partial charge in [-0.05, 0) is 52.3 Å². The highest BCUT2D eigenvalue weighted by atomic mass is 35.5. The van der Waals surface area contributed by atoms with E-state index in [1.54, 1.807) is 6.07 Å². The molecule has 1 aromatic carbocycles. The molecule has 1 heterocycles. The molecule has 0 unspecified atom stereocenters.